The summed E-state index contributed by atoms with van der Waals surface area (Å²) < 4.78 is 5.74. The van der Waals surface area contributed by atoms with Gasteiger partial charge in [0, 0.05) is 12.5 Å². The Morgan fingerprint density at radius 3 is 2.07 bits per heavy atom. The van der Waals surface area contributed by atoms with Gasteiger partial charge in [0.1, 0.15) is 11.5 Å². The summed E-state index contributed by atoms with van der Waals surface area (Å²) in [7, 11) is 0. The molecule has 29 heavy (non-hydrogen) atoms. The fraction of sp³-hybridized carbons (Fsp3) is 0.500. The minimum absolute atomic E-state index is 0.00787. The van der Waals surface area contributed by atoms with E-state index in [-0.39, 0.29) is 18.0 Å². The molecular weight excluding hydrogens is 360 g/mol. The van der Waals surface area contributed by atoms with Gasteiger partial charge in [0.15, 0.2) is 5.78 Å². The number of Topliss-reactive ketones (excluding diaryl/α,β-unsaturated/α-hetero) is 1. The van der Waals surface area contributed by atoms with E-state index in [1.54, 1.807) is 18.2 Å². The highest BCUT2D eigenvalue weighted by atomic mass is 16.5. The van der Waals surface area contributed by atoms with Crippen LogP contribution in [0.15, 0.2) is 48.5 Å². The molecule has 0 bridgehead atoms. The molecular formula is C26H36O3. The van der Waals surface area contributed by atoms with E-state index >= 15 is 0 Å². The van der Waals surface area contributed by atoms with E-state index < -0.39 is 0 Å². The molecule has 0 unspecified atom stereocenters. The molecule has 0 amide bonds. The van der Waals surface area contributed by atoms with Gasteiger partial charge in [0.25, 0.3) is 0 Å². The molecule has 0 aliphatic heterocycles. The maximum absolute atomic E-state index is 12.4. The van der Waals surface area contributed by atoms with Crippen molar-refractivity contribution < 1.29 is 14.6 Å². The van der Waals surface area contributed by atoms with E-state index in [2.05, 4.69) is 6.92 Å². The lowest BCUT2D eigenvalue weighted by molar-refractivity contribution is 0.0990. The molecule has 1 N–H and O–H groups in total. The number of unbranched alkanes of at least 4 members (excludes halogenated alkanes) is 9. The van der Waals surface area contributed by atoms with Gasteiger partial charge < -0.3 is 9.84 Å². The van der Waals surface area contributed by atoms with Crippen molar-refractivity contribution >= 4 is 5.78 Å². The highest BCUT2D eigenvalue weighted by molar-refractivity contribution is 6.00. The summed E-state index contributed by atoms with van der Waals surface area (Å²) in [6, 6.07) is 14.6. The average molecular weight is 397 g/mol. The molecule has 0 saturated carbocycles. The third kappa shape index (κ3) is 9.17. The summed E-state index contributed by atoms with van der Waals surface area (Å²) in [6.07, 6.45) is 13.2. The van der Waals surface area contributed by atoms with Crippen molar-refractivity contribution in [1.82, 2.24) is 0 Å². The maximum atomic E-state index is 12.4. The summed E-state index contributed by atoms with van der Waals surface area (Å²) in [5, 5.41) is 10.2. The second kappa shape index (κ2) is 13.8. The number of ketones is 1. The van der Waals surface area contributed by atoms with Crippen molar-refractivity contribution in [1.29, 1.82) is 0 Å². The van der Waals surface area contributed by atoms with Crippen LogP contribution in [-0.4, -0.2) is 17.5 Å². The maximum Gasteiger partial charge on any atom is 0.170 e. The van der Waals surface area contributed by atoms with Gasteiger partial charge in [-0.25, -0.2) is 0 Å². The molecule has 2 aromatic rings. The molecule has 0 saturated heterocycles. The van der Waals surface area contributed by atoms with Gasteiger partial charge >= 0.3 is 0 Å². The minimum atomic E-state index is -0.0880. The topological polar surface area (TPSA) is 46.5 Å². The van der Waals surface area contributed by atoms with Crippen LogP contribution in [-0.2, 0) is 6.42 Å². The van der Waals surface area contributed by atoms with Crippen molar-refractivity contribution in [3.05, 3.63) is 59.7 Å². The van der Waals surface area contributed by atoms with E-state index in [4.69, 9.17) is 4.74 Å². The molecule has 2 rings (SSSR count). The predicted octanol–water partition coefficient (Wildman–Crippen LogP) is 7.12. The number of phenols is 1. The Kier molecular flexibility index (Phi) is 11.0. The number of carbonyl (C=O) groups is 1. The summed E-state index contributed by atoms with van der Waals surface area (Å²) in [6.45, 7) is 2.90. The number of carbonyl (C=O) groups excluding carboxylic acids is 1. The Labute approximate surface area is 176 Å². The molecule has 0 radical (unpaired) electrons. The summed E-state index contributed by atoms with van der Waals surface area (Å²) in [5.41, 5.74) is 1.29. The van der Waals surface area contributed by atoms with E-state index in [1.807, 2.05) is 30.3 Å². The van der Waals surface area contributed by atoms with Gasteiger partial charge in [-0.2, -0.15) is 0 Å². The molecule has 158 valence electrons. The van der Waals surface area contributed by atoms with Crippen molar-refractivity contribution in [3.8, 4) is 11.5 Å². The molecule has 0 aliphatic rings. The summed E-state index contributed by atoms with van der Waals surface area (Å²) in [5.74, 6) is 0.524. The van der Waals surface area contributed by atoms with Gasteiger partial charge in [-0.05, 0) is 24.1 Å². The minimum Gasteiger partial charge on any atom is -0.507 e. The van der Waals surface area contributed by atoms with Crippen LogP contribution in [0.3, 0.4) is 0 Å². The molecule has 0 spiro atoms. The molecule has 3 nitrogen and oxygen atoms in total. The Hall–Kier alpha value is -2.29. The summed E-state index contributed by atoms with van der Waals surface area (Å²) >= 11 is 0. The van der Waals surface area contributed by atoms with Crippen LogP contribution in [0.2, 0.25) is 0 Å². The van der Waals surface area contributed by atoms with Gasteiger partial charge in [-0.15, -0.1) is 0 Å². The number of ether oxygens (including phenoxy) is 1. The zero-order valence-electron chi connectivity index (χ0n) is 17.9. The lowest BCUT2D eigenvalue weighted by Crippen LogP contribution is -2.04. The number of hydrogen-bond acceptors (Lipinski definition) is 3. The Morgan fingerprint density at radius 1 is 0.828 bits per heavy atom. The van der Waals surface area contributed by atoms with E-state index in [0.717, 1.165) is 12.0 Å². The third-order valence-electron chi connectivity index (χ3n) is 5.24. The average Bonchev–Trinajstić information content (AvgIpc) is 2.72. The number of hydrogen-bond donors (Lipinski definition) is 1. The van der Waals surface area contributed by atoms with Gasteiger partial charge in [0.05, 0.1) is 12.2 Å². The quantitative estimate of drug-likeness (QED) is 0.257. The second-order valence-electron chi connectivity index (χ2n) is 7.79. The van der Waals surface area contributed by atoms with Crippen LogP contribution in [0.25, 0.3) is 0 Å². The van der Waals surface area contributed by atoms with Crippen molar-refractivity contribution in [2.45, 2.75) is 77.6 Å². The lowest BCUT2D eigenvalue weighted by atomic mass is 10.0. The fourth-order valence-corrected chi connectivity index (χ4v) is 3.49. The van der Waals surface area contributed by atoms with Crippen LogP contribution in [0.1, 0.15) is 87.1 Å². The first-order chi connectivity index (χ1) is 14.2. The Morgan fingerprint density at radius 2 is 1.45 bits per heavy atom. The molecule has 0 aromatic heterocycles. The largest absolute Gasteiger partial charge is 0.507 e. The van der Waals surface area contributed by atoms with E-state index in [9.17, 15) is 9.90 Å². The third-order valence-corrected chi connectivity index (χ3v) is 5.24. The van der Waals surface area contributed by atoms with Crippen LogP contribution < -0.4 is 4.74 Å². The zero-order valence-corrected chi connectivity index (χ0v) is 17.9. The van der Waals surface area contributed by atoms with Crippen LogP contribution in [0.5, 0.6) is 11.5 Å². The van der Waals surface area contributed by atoms with Crippen molar-refractivity contribution in [2.24, 2.45) is 0 Å². The Balaban J connectivity index is 1.62. The zero-order chi connectivity index (χ0) is 20.7. The summed E-state index contributed by atoms with van der Waals surface area (Å²) in [4.78, 5) is 12.4. The highest BCUT2D eigenvalue weighted by Gasteiger charge is 2.12. The lowest BCUT2D eigenvalue weighted by Gasteiger charge is -2.09. The van der Waals surface area contributed by atoms with Gasteiger partial charge in [-0.1, -0.05) is 95.0 Å². The molecule has 3 heteroatoms. The van der Waals surface area contributed by atoms with Gasteiger partial charge in [0.2, 0.25) is 0 Å². The first kappa shape index (κ1) is 23.0. The second-order valence-corrected chi connectivity index (χ2v) is 7.79. The number of aromatic hydroxyl groups is 1. The SMILES string of the molecule is CCCCCCCCCCCCOc1ccc(C(=O)Cc2ccccc2)c(O)c1. The highest BCUT2D eigenvalue weighted by Crippen LogP contribution is 2.25. The fourth-order valence-electron chi connectivity index (χ4n) is 3.49. The normalized spacial score (nSPS) is 10.8. The monoisotopic (exact) mass is 396 g/mol. The molecule has 0 fully saturated rings. The predicted molar refractivity (Wildman–Crippen MR) is 120 cm³/mol. The van der Waals surface area contributed by atoms with Crippen molar-refractivity contribution in [2.75, 3.05) is 6.61 Å². The van der Waals surface area contributed by atoms with Gasteiger partial charge in [-0.3, -0.25) is 4.79 Å². The first-order valence-corrected chi connectivity index (χ1v) is 11.2. The standard InChI is InChI=1S/C26H36O3/c1-2-3-4-5-6-7-8-9-10-14-19-29-23-17-18-24(26(28)21-23)25(27)20-22-15-12-11-13-16-22/h11-13,15-18,21,28H,2-10,14,19-20H2,1H3. The van der Waals surface area contributed by atoms with Crippen LogP contribution in [0, 0.1) is 0 Å². The number of benzene rings is 2. The van der Waals surface area contributed by atoms with Crippen LogP contribution in [0.4, 0.5) is 0 Å². The number of phenolic OH excluding ortho intramolecular Hbond substituents is 1. The molecule has 2 aromatic carbocycles. The number of rotatable bonds is 15. The first-order valence-electron chi connectivity index (χ1n) is 11.2. The van der Waals surface area contributed by atoms with E-state index in [1.165, 1.54) is 57.8 Å². The van der Waals surface area contributed by atoms with E-state index in [0.29, 0.717) is 17.9 Å². The molecule has 0 aliphatic carbocycles. The smallest absolute Gasteiger partial charge is 0.170 e. The molecule has 0 heterocycles. The van der Waals surface area contributed by atoms with Crippen molar-refractivity contribution in [3.63, 3.8) is 0 Å². The Bertz CT molecular complexity index is 709. The molecule has 0 atom stereocenters. The van der Waals surface area contributed by atoms with Crippen LogP contribution >= 0.6 is 0 Å².